The first-order valence-corrected chi connectivity index (χ1v) is 15.8. The van der Waals surface area contributed by atoms with E-state index in [4.69, 9.17) is 9.47 Å². The van der Waals surface area contributed by atoms with Gasteiger partial charge in [0.2, 0.25) is 0 Å². The van der Waals surface area contributed by atoms with Crippen LogP contribution in [0.5, 0.6) is 11.5 Å². The maximum Gasteiger partial charge on any atom is 0.409 e. The smallest absolute Gasteiger partial charge is 0.409 e. The second-order valence-corrected chi connectivity index (χ2v) is 13.3. The number of carbonyl (C=O) groups is 2. The summed E-state index contributed by atoms with van der Waals surface area (Å²) in [4.78, 5) is 26.6. The highest BCUT2D eigenvalue weighted by Gasteiger charge is 2.47. The Morgan fingerprint density at radius 3 is 2.00 bits per heavy atom. The van der Waals surface area contributed by atoms with Crippen LogP contribution in [0.4, 0.5) is 4.79 Å². The first kappa shape index (κ1) is 28.5. The number of amides is 1. The summed E-state index contributed by atoms with van der Waals surface area (Å²) in [5, 5.41) is 11.9. The molecule has 220 valence electrons. The van der Waals surface area contributed by atoms with Crippen molar-refractivity contribution in [2.45, 2.75) is 23.5 Å². The molecule has 43 heavy (non-hydrogen) atoms. The minimum Gasteiger partial charge on any atom is -0.550 e. The first-order chi connectivity index (χ1) is 20.8. The van der Waals surface area contributed by atoms with Crippen LogP contribution in [0.1, 0.15) is 35.4 Å². The molecule has 1 aliphatic carbocycles. The van der Waals surface area contributed by atoms with E-state index in [1.165, 1.54) is 4.90 Å². The highest BCUT2D eigenvalue weighted by Crippen LogP contribution is 2.45. The molecule has 1 unspecified atom stereocenters. The molecule has 0 radical (unpaired) electrons. The summed E-state index contributed by atoms with van der Waals surface area (Å²) in [6.45, 7) is -0.00235. The average Bonchev–Trinajstić information content (AvgIpc) is 3.26. The fourth-order valence-corrected chi connectivity index (χ4v) is 8.27. The van der Waals surface area contributed by atoms with Crippen molar-refractivity contribution in [3.05, 3.63) is 120 Å². The molecule has 1 atom stereocenters. The van der Waals surface area contributed by atoms with Crippen molar-refractivity contribution < 1.29 is 32.6 Å². The molecular weight excluding hydrogens is 566 g/mol. The number of hydrogen-bond donors (Lipinski definition) is 0. The van der Waals surface area contributed by atoms with Gasteiger partial charge in [0.25, 0.3) is 0 Å². The molecule has 9 heteroatoms. The van der Waals surface area contributed by atoms with E-state index in [9.17, 15) is 23.1 Å². The number of rotatable bonds is 7. The van der Waals surface area contributed by atoms with Gasteiger partial charge in [-0.25, -0.2) is 13.2 Å². The molecule has 4 aromatic rings. The normalized spacial score (nSPS) is 19.1. The minimum atomic E-state index is -4.03. The number of benzene rings is 4. The first-order valence-electron chi connectivity index (χ1n) is 14.1. The highest BCUT2D eigenvalue weighted by molar-refractivity contribution is 7.92. The molecule has 2 aliphatic rings. The van der Waals surface area contributed by atoms with Gasteiger partial charge in [-0.15, -0.1) is 0 Å². The topological polar surface area (TPSA) is 113 Å². The SMILES string of the molecule is O=C([O-])CC1(c2ccc(Oc3ccccc3)cc2)CCN(C(=O)OCC2c3ccccc3-c3ccccc32)CCS1(=O)=O. The summed E-state index contributed by atoms with van der Waals surface area (Å²) in [7, 11) is -4.03. The number of carboxylic acids is 1. The van der Waals surface area contributed by atoms with Crippen molar-refractivity contribution in [2.24, 2.45) is 0 Å². The number of carbonyl (C=O) groups excluding carboxylic acids is 2. The molecule has 0 bridgehead atoms. The largest absolute Gasteiger partial charge is 0.550 e. The number of aliphatic carboxylic acids is 1. The molecule has 1 saturated heterocycles. The van der Waals surface area contributed by atoms with E-state index >= 15 is 0 Å². The number of hydrogen-bond acceptors (Lipinski definition) is 7. The van der Waals surface area contributed by atoms with Gasteiger partial charge in [0.05, 0.1) is 5.75 Å². The van der Waals surface area contributed by atoms with Crippen molar-refractivity contribution in [3.63, 3.8) is 0 Å². The quantitative estimate of drug-likeness (QED) is 0.299. The van der Waals surface area contributed by atoms with Gasteiger partial charge in [0, 0.05) is 31.4 Å². The second-order valence-electron chi connectivity index (χ2n) is 10.8. The van der Waals surface area contributed by atoms with Gasteiger partial charge < -0.3 is 24.3 Å². The number of nitrogens with zero attached hydrogens (tertiary/aromatic N) is 1. The Kier molecular flexibility index (Phi) is 7.66. The van der Waals surface area contributed by atoms with Crippen LogP contribution < -0.4 is 9.84 Å². The molecule has 0 saturated carbocycles. The highest BCUT2D eigenvalue weighted by atomic mass is 32.2. The number of ether oxygens (including phenoxy) is 2. The Hall–Kier alpha value is -4.63. The Morgan fingerprint density at radius 1 is 0.791 bits per heavy atom. The van der Waals surface area contributed by atoms with Crippen LogP contribution in [0.25, 0.3) is 11.1 Å². The molecular formula is C34H30NO7S-. The van der Waals surface area contributed by atoms with E-state index in [0.717, 1.165) is 22.3 Å². The molecule has 4 aromatic carbocycles. The molecule has 0 aromatic heterocycles. The monoisotopic (exact) mass is 596 g/mol. The van der Waals surface area contributed by atoms with Gasteiger partial charge in [-0.1, -0.05) is 78.9 Å². The Morgan fingerprint density at radius 2 is 1.37 bits per heavy atom. The third-order valence-electron chi connectivity index (χ3n) is 8.39. The Bertz CT molecular complexity index is 1710. The Balaban J connectivity index is 1.20. The van der Waals surface area contributed by atoms with Crippen molar-refractivity contribution >= 4 is 21.9 Å². The summed E-state index contributed by atoms with van der Waals surface area (Å²) < 4.78 is 37.3. The molecule has 8 nitrogen and oxygen atoms in total. The number of fused-ring (bicyclic) bond motifs is 3. The lowest BCUT2D eigenvalue weighted by Crippen LogP contribution is -2.43. The fraction of sp³-hybridized carbons (Fsp3) is 0.235. The van der Waals surface area contributed by atoms with Gasteiger partial charge in [-0.2, -0.15) is 0 Å². The van der Waals surface area contributed by atoms with Crippen molar-refractivity contribution in [1.82, 2.24) is 4.90 Å². The summed E-state index contributed by atoms with van der Waals surface area (Å²) in [6, 6.07) is 31.5. The number of carboxylic acid groups (broad SMARTS) is 1. The number of para-hydroxylation sites is 1. The second kappa shape index (κ2) is 11.6. The Labute approximate surface area is 250 Å². The minimum absolute atomic E-state index is 0.00541. The van der Waals surface area contributed by atoms with Gasteiger partial charge >= 0.3 is 6.09 Å². The molecule has 1 heterocycles. The predicted molar refractivity (Wildman–Crippen MR) is 159 cm³/mol. The lowest BCUT2D eigenvalue weighted by molar-refractivity contribution is -0.306. The van der Waals surface area contributed by atoms with E-state index in [2.05, 4.69) is 0 Å². The van der Waals surface area contributed by atoms with Crippen LogP contribution in [-0.2, 0) is 24.1 Å². The van der Waals surface area contributed by atoms with Crippen LogP contribution in [0.2, 0.25) is 0 Å². The van der Waals surface area contributed by atoms with E-state index in [0.29, 0.717) is 17.1 Å². The van der Waals surface area contributed by atoms with E-state index in [1.807, 2.05) is 66.7 Å². The van der Waals surface area contributed by atoms with Crippen LogP contribution in [0.15, 0.2) is 103 Å². The van der Waals surface area contributed by atoms with Crippen molar-refractivity contribution in [1.29, 1.82) is 0 Å². The van der Waals surface area contributed by atoms with Gasteiger partial charge in [0.15, 0.2) is 9.84 Å². The summed E-state index contributed by atoms with van der Waals surface area (Å²) in [6.07, 6.45) is -1.48. The third kappa shape index (κ3) is 5.48. The molecule has 0 spiro atoms. The summed E-state index contributed by atoms with van der Waals surface area (Å²) in [5.74, 6) is -0.943. The molecule has 6 rings (SSSR count). The zero-order valence-electron chi connectivity index (χ0n) is 23.3. The third-order valence-corrected chi connectivity index (χ3v) is 10.9. The zero-order valence-corrected chi connectivity index (χ0v) is 24.2. The van der Waals surface area contributed by atoms with Crippen molar-refractivity contribution in [2.75, 3.05) is 25.4 Å². The maximum atomic E-state index is 13.7. The molecule has 1 aliphatic heterocycles. The van der Waals surface area contributed by atoms with E-state index in [1.54, 1.807) is 36.4 Å². The van der Waals surface area contributed by atoms with Gasteiger partial charge in [-0.3, -0.25) is 0 Å². The molecule has 0 N–H and O–H groups in total. The van der Waals surface area contributed by atoms with Crippen molar-refractivity contribution in [3.8, 4) is 22.6 Å². The summed E-state index contributed by atoms with van der Waals surface area (Å²) in [5.41, 5.74) is 4.66. The van der Waals surface area contributed by atoms with Gasteiger partial charge in [-0.05, 0) is 58.5 Å². The van der Waals surface area contributed by atoms with E-state index in [-0.39, 0.29) is 32.0 Å². The van der Waals surface area contributed by atoms with Crippen LogP contribution in [0, 0.1) is 0 Å². The average molecular weight is 597 g/mol. The summed E-state index contributed by atoms with van der Waals surface area (Å²) >= 11 is 0. The van der Waals surface area contributed by atoms with Crippen LogP contribution >= 0.6 is 0 Å². The van der Waals surface area contributed by atoms with E-state index < -0.39 is 38.8 Å². The number of sulfone groups is 1. The lowest BCUT2D eigenvalue weighted by Gasteiger charge is -2.33. The van der Waals surface area contributed by atoms with Crippen LogP contribution in [0.3, 0.4) is 0 Å². The van der Waals surface area contributed by atoms with Crippen LogP contribution in [-0.4, -0.2) is 50.8 Å². The zero-order chi connectivity index (χ0) is 30.0. The fourth-order valence-electron chi connectivity index (χ4n) is 6.19. The lowest BCUT2D eigenvalue weighted by atomic mass is 9.91. The standard InChI is InChI=1S/C34H31NO7S/c36-32(37)22-34(24-14-16-26(17-15-24)42-25-8-2-1-3-9-25)18-19-35(20-21-43(34,39)40)33(38)41-23-31-29-12-6-4-10-27(29)28-11-5-7-13-30(28)31/h1-17,31H,18-23H2,(H,36,37)/p-1. The van der Waals surface area contributed by atoms with Gasteiger partial charge in [0.1, 0.15) is 22.9 Å². The molecule has 1 amide bonds. The predicted octanol–water partition coefficient (Wildman–Crippen LogP) is 4.88. The molecule has 1 fully saturated rings. The maximum absolute atomic E-state index is 13.7.